The number of hydrogen-bond acceptors (Lipinski definition) is 1. The summed E-state index contributed by atoms with van der Waals surface area (Å²) in [7, 11) is 2.11. The average molecular weight is 212 g/mol. The highest BCUT2D eigenvalue weighted by molar-refractivity contribution is 6.18. The SMILES string of the molecule is Cc1cccc(CCN(C)CCCl)c1. The summed E-state index contributed by atoms with van der Waals surface area (Å²) >= 11 is 5.66. The Balaban J connectivity index is 2.37. The largest absolute Gasteiger partial charge is 0.305 e. The van der Waals surface area contributed by atoms with Crippen LogP contribution in [-0.4, -0.2) is 30.9 Å². The Kier molecular flexibility index (Phi) is 4.99. The molecule has 1 aromatic carbocycles. The van der Waals surface area contributed by atoms with Crippen molar-refractivity contribution in [2.24, 2.45) is 0 Å². The minimum atomic E-state index is 0.713. The molecule has 0 aliphatic heterocycles. The topological polar surface area (TPSA) is 3.24 Å². The van der Waals surface area contributed by atoms with Gasteiger partial charge >= 0.3 is 0 Å². The standard InChI is InChI=1S/C12H18ClN/c1-11-4-3-5-12(10-11)6-8-14(2)9-7-13/h3-5,10H,6-9H2,1-2H3. The monoisotopic (exact) mass is 211 g/mol. The highest BCUT2D eigenvalue weighted by atomic mass is 35.5. The van der Waals surface area contributed by atoms with Gasteiger partial charge in [0, 0.05) is 19.0 Å². The Bertz CT molecular complexity index is 273. The molecular weight excluding hydrogens is 194 g/mol. The predicted octanol–water partition coefficient (Wildman–Crippen LogP) is 2.71. The van der Waals surface area contributed by atoms with Gasteiger partial charge in [-0.25, -0.2) is 0 Å². The van der Waals surface area contributed by atoms with Crippen LogP contribution < -0.4 is 0 Å². The van der Waals surface area contributed by atoms with E-state index in [4.69, 9.17) is 11.6 Å². The second-order valence-electron chi connectivity index (χ2n) is 3.73. The lowest BCUT2D eigenvalue weighted by Gasteiger charge is -2.14. The van der Waals surface area contributed by atoms with E-state index in [0.717, 1.165) is 19.5 Å². The molecule has 0 saturated heterocycles. The van der Waals surface area contributed by atoms with Crippen molar-refractivity contribution < 1.29 is 0 Å². The maximum atomic E-state index is 5.66. The third-order valence-corrected chi connectivity index (χ3v) is 2.50. The Hall–Kier alpha value is -0.530. The van der Waals surface area contributed by atoms with Gasteiger partial charge in [0.15, 0.2) is 0 Å². The Morgan fingerprint density at radius 2 is 2.07 bits per heavy atom. The molecule has 0 radical (unpaired) electrons. The number of likely N-dealkylation sites (N-methyl/N-ethyl adjacent to an activating group) is 1. The maximum Gasteiger partial charge on any atom is 0.0351 e. The van der Waals surface area contributed by atoms with Gasteiger partial charge in [0.1, 0.15) is 0 Å². The number of alkyl halides is 1. The van der Waals surface area contributed by atoms with E-state index < -0.39 is 0 Å². The van der Waals surface area contributed by atoms with Gasteiger partial charge < -0.3 is 4.90 Å². The molecule has 0 heterocycles. The molecule has 1 rings (SSSR count). The minimum absolute atomic E-state index is 0.713. The van der Waals surface area contributed by atoms with Crippen molar-refractivity contribution in [3.63, 3.8) is 0 Å². The first-order valence-electron chi connectivity index (χ1n) is 5.02. The van der Waals surface area contributed by atoms with E-state index in [1.54, 1.807) is 0 Å². The first-order chi connectivity index (χ1) is 6.72. The fraction of sp³-hybridized carbons (Fsp3) is 0.500. The first-order valence-corrected chi connectivity index (χ1v) is 5.56. The number of aryl methyl sites for hydroxylation is 1. The van der Waals surface area contributed by atoms with Gasteiger partial charge in [-0.2, -0.15) is 0 Å². The molecule has 0 bridgehead atoms. The third kappa shape index (κ3) is 4.12. The highest BCUT2D eigenvalue weighted by Crippen LogP contribution is 2.05. The summed E-state index contributed by atoms with van der Waals surface area (Å²) in [6.45, 7) is 4.18. The van der Waals surface area contributed by atoms with Crippen LogP contribution in [0.15, 0.2) is 24.3 Å². The molecule has 1 aromatic rings. The van der Waals surface area contributed by atoms with Crippen molar-refractivity contribution in [1.29, 1.82) is 0 Å². The molecule has 0 amide bonds. The van der Waals surface area contributed by atoms with Crippen molar-refractivity contribution in [2.45, 2.75) is 13.3 Å². The Morgan fingerprint density at radius 1 is 1.29 bits per heavy atom. The van der Waals surface area contributed by atoms with Crippen molar-refractivity contribution in [3.05, 3.63) is 35.4 Å². The van der Waals surface area contributed by atoms with Crippen LogP contribution in [0.5, 0.6) is 0 Å². The zero-order valence-electron chi connectivity index (χ0n) is 8.96. The predicted molar refractivity (Wildman–Crippen MR) is 63.1 cm³/mol. The van der Waals surface area contributed by atoms with Crippen molar-refractivity contribution >= 4 is 11.6 Å². The number of rotatable bonds is 5. The van der Waals surface area contributed by atoms with Crippen molar-refractivity contribution in [2.75, 3.05) is 26.0 Å². The number of halogens is 1. The molecule has 0 atom stereocenters. The van der Waals surface area contributed by atoms with Crippen LogP contribution in [0.4, 0.5) is 0 Å². The van der Waals surface area contributed by atoms with Gasteiger partial charge in [0.05, 0.1) is 0 Å². The Labute approximate surface area is 91.7 Å². The van der Waals surface area contributed by atoms with Crippen LogP contribution >= 0.6 is 11.6 Å². The van der Waals surface area contributed by atoms with E-state index in [9.17, 15) is 0 Å². The average Bonchev–Trinajstić information content (AvgIpc) is 2.15. The summed E-state index contributed by atoms with van der Waals surface area (Å²) in [5.41, 5.74) is 2.74. The van der Waals surface area contributed by atoms with E-state index in [1.165, 1.54) is 11.1 Å². The zero-order chi connectivity index (χ0) is 10.4. The summed E-state index contributed by atoms with van der Waals surface area (Å²) in [5, 5.41) is 0. The molecule has 78 valence electrons. The summed E-state index contributed by atoms with van der Waals surface area (Å²) in [5.74, 6) is 0.713. The van der Waals surface area contributed by atoms with Crippen molar-refractivity contribution in [1.82, 2.24) is 4.90 Å². The molecule has 0 N–H and O–H groups in total. The number of nitrogens with zero attached hydrogens (tertiary/aromatic N) is 1. The summed E-state index contributed by atoms with van der Waals surface area (Å²) in [4.78, 5) is 2.26. The zero-order valence-corrected chi connectivity index (χ0v) is 9.72. The van der Waals surface area contributed by atoms with Gasteiger partial charge in [0.2, 0.25) is 0 Å². The lowest BCUT2D eigenvalue weighted by Crippen LogP contribution is -2.23. The van der Waals surface area contributed by atoms with Gasteiger partial charge in [-0.1, -0.05) is 29.8 Å². The first kappa shape index (κ1) is 11.5. The molecule has 1 nitrogen and oxygen atoms in total. The summed E-state index contributed by atoms with van der Waals surface area (Å²) in [6.07, 6.45) is 1.11. The number of benzene rings is 1. The van der Waals surface area contributed by atoms with E-state index in [1.807, 2.05) is 0 Å². The molecule has 14 heavy (non-hydrogen) atoms. The molecular formula is C12H18ClN. The molecule has 0 aromatic heterocycles. The Morgan fingerprint density at radius 3 is 2.71 bits per heavy atom. The van der Waals surface area contributed by atoms with Gasteiger partial charge in [0.25, 0.3) is 0 Å². The van der Waals surface area contributed by atoms with Crippen LogP contribution in [0.3, 0.4) is 0 Å². The molecule has 0 fully saturated rings. The van der Waals surface area contributed by atoms with Gasteiger partial charge in [-0.05, 0) is 26.0 Å². The summed E-state index contributed by atoms with van der Waals surface area (Å²) in [6, 6.07) is 8.67. The van der Waals surface area contributed by atoms with Crippen LogP contribution in [0.1, 0.15) is 11.1 Å². The second-order valence-corrected chi connectivity index (χ2v) is 4.11. The van der Waals surface area contributed by atoms with Crippen LogP contribution in [0, 0.1) is 6.92 Å². The van der Waals surface area contributed by atoms with Gasteiger partial charge in [-0.3, -0.25) is 0 Å². The second kappa shape index (κ2) is 6.05. The van der Waals surface area contributed by atoms with E-state index in [0.29, 0.717) is 5.88 Å². The fourth-order valence-corrected chi connectivity index (χ4v) is 1.73. The smallest absolute Gasteiger partial charge is 0.0351 e. The van der Waals surface area contributed by atoms with E-state index in [-0.39, 0.29) is 0 Å². The maximum absolute atomic E-state index is 5.66. The fourth-order valence-electron chi connectivity index (χ4n) is 1.44. The number of hydrogen-bond donors (Lipinski definition) is 0. The van der Waals surface area contributed by atoms with Crippen LogP contribution in [0.2, 0.25) is 0 Å². The van der Waals surface area contributed by atoms with Crippen LogP contribution in [0.25, 0.3) is 0 Å². The van der Waals surface area contributed by atoms with E-state index in [2.05, 4.69) is 43.1 Å². The quantitative estimate of drug-likeness (QED) is 0.677. The molecule has 0 unspecified atom stereocenters. The van der Waals surface area contributed by atoms with E-state index >= 15 is 0 Å². The van der Waals surface area contributed by atoms with Gasteiger partial charge in [-0.15, -0.1) is 11.6 Å². The lowest BCUT2D eigenvalue weighted by molar-refractivity contribution is 0.359. The van der Waals surface area contributed by atoms with Crippen LogP contribution in [-0.2, 0) is 6.42 Å². The molecule has 0 aliphatic carbocycles. The molecule has 0 spiro atoms. The summed E-state index contributed by atoms with van der Waals surface area (Å²) < 4.78 is 0. The van der Waals surface area contributed by atoms with Crippen molar-refractivity contribution in [3.8, 4) is 0 Å². The molecule has 0 saturated carbocycles. The lowest BCUT2D eigenvalue weighted by atomic mass is 10.1. The normalized spacial score (nSPS) is 10.9. The minimum Gasteiger partial charge on any atom is -0.305 e. The molecule has 0 aliphatic rings. The molecule has 2 heteroatoms. The highest BCUT2D eigenvalue weighted by Gasteiger charge is 1.98. The third-order valence-electron chi connectivity index (χ3n) is 2.33.